The predicted molar refractivity (Wildman–Crippen MR) is 56.5 cm³/mol. The van der Waals surface area contributed by atoms with Crippen molar-refractivity contribution in [1.82, 2.24) is 0 Å². The number of hydrogen-bond acceptors (Lipinski definition) is 3. The van der Waals surface area contributed by atoms with Gasteiger partial charge in [0.05, 0.1) is 19.9 Å². The smallest absolute Gasteiger partial charge is 0.145 e. The number of hydrogen-bond donors (Lipinski definition) is 0. The fraction of sp³-hybridized carbons (Fsp3) is 0.455. The van der Waals surface area contributed by atoms with E-state index in [1.807, 2.05) is 13.0 Å². The van der Waals surface area contributed by atoms with Gasteiger partial charge in [-0.1, -0.05) is 0 Å². The van der Waals surface area contributed by atoms with Crippen LogP contribution in [0.2, 0.25) is 0 Å². The maximum absolute atomic E-state index is 5.32. The molecule has 0 unspecified atom stereocenters. The summed E-state index contributed by atoms with van der Waals surface area (Å²) in [6.45, 7) is 4.30. The number of benzene rings is 1. The maximum atomic E-state index is 5.32. The van der Waals surface area contributed by atoms with Crippen LogP contribution in [0.5, 0.6) is 11.5 Å². The molecular weight excluding hydrogens is 178 g/mol. The molecule has 1 fully saturated rings. The Morgan fingerprint density at radius 2 is 1.71 bits per heavy atom. The van der Waals surface area contributed by atoms with Gasteiger partial charge in [0.1, 0.15) is 11.5 Å². The SMILES string of the molecule is COc1cc(OC)c(N2CC2)cc1C. The van der Waals surface area contributed by atoms with E-state index >= 15 is 0 Å². The molecule has 1 heterocycles. The minimum Gasteiger partial charge on any atom is -0.496 e. The van der Waals surface area contributed by atoms with Crippen molar-refractivity contribution >= 4 is 5.69 Å². The zero-order chi connectivity index (χ0) is 10.1. The van der Waals surface area contributed by atoms with Crippen molar-refractivity contribution in [2.75, 3.05) is 32.2 Å². The molecule has 76 valence electrons. The number of aryl methyl sites for hydroxylation is 1. The van der Waals surface area contributed by atoms with E-state index in [9.17, 15) is 0 Å². The van der Waals surface area contributed by atoms with E-state index in [0.29, 0.717) is 0 Å². The van der Waals surface area contributed by atoms with Crippen LogP contribution in [-0.2, 0) is 0 Å². The Balaban J connectivity index is 2.43. The van der Waals surface area contributed by atoms with Crippen molar-refractivity contribution in [2.24, 2.45) is 0 Å². The van der Waals surface area contributed by atoms with Crippen molar-refractivity contribution in [3.05, 3.63) is 17.7 Å². The third-order valence-corrected chi connectivity index (χ3v) is 2.48. The van der Waals surface area contributed by atoms with Crippen molar-refractivity contribution in [3.63, 3.8) is 0 Å². The fourth-order valence-electron chi connectivity index (χ4n) is 1.58. The van der Waals surface area contributed by atoms with E-state index in [1.165, 1.54) is 5.69 Å². The number of nitrogens with zero attached hydrogens (tertiary/aromatic N) is 1. The van der Waals surface area contributed by atoms with Crippen LogP contribution in [0, 0.1) is 6.92 Å². The van der Waals surface area contributed by atoms with E-state index in [-0.39, 0.29) is 0 Å². The first-order valence-electron chi connectivity index (χ1n) is 4.74. The number of methoxy groups -OCH3 is 2. The van der Waals surface area contributed by atoms with Crippen LogP contribution in [-0.4, -0.2) is 27.3 Å². The van der Waals surface area contributed by atoms with Gasteiger partial charge in [0.15, 0.2) is 0 Å². The molecule has 1 saturated heterocycles. The highest BCUT2D eigenvalue weighted by Crippen LogP contribution is 2.37. The zero-order valence-corrected chi connectivity index (χ0v) is 8.83. The van der Waals surface area contributed by atoms with Crippen LogP contribution in [0.1, 0.15) is 5.56 Å². The first-order chi connectivity index (χ1) is 6.76. The molecule has 1 aliphatic heterocycles. The standard InChI is InChI=1S/C11H15NO2/c1-8-6-9(12-4-5-12)11(14-3)7-10(8)13-2/h6-7H,4-5H2,1-3H3. The van der Waals surface area contributed by atoms with Crippen LogP contribution in [0.3, 0.4) is 0 Å². The second-order valence-corrected chi connectivity index (χ2v) is 3.48. The van der Waals surface area contributed by atoms with Crippen molar-refractivity contribution < 1.29 is 9.47 Å². The van der Waals surface area contributed by atoms with Gasteiger partial charge in [0.25, 0.3) is 0 Å². The Morgan fingerprint density at radius 3 is 2.21 bits per heavy atom. The molecule has 3 heteroatoms. The summed E-state index contributed by atoms with van der Waals surface area (Å²) in [5.74, 6) is 1.78. The highest BCUT2D eigenvalue weighted by atomic mass is 16.5. The van der Waals surface area contributed by atoms with Gasteiger partial charge in [-0.05, 0) is 18.6 Å². The fourth-order valence-corrected chi connectivity index (χ4v) is 1.58. The topological polar surface area (TPSA) is 21.5 Å². The van der Waals surface area contributed by atoms with E-state index in [0.717, 1.165) is 30.2 Å². The third kappa shape index (κ3) is 1.50. The lowest BCUT2D eigenvalue weighted by molar-refractivity contribution is 0.393. The molecule has 14 heavy (non-hydrogen) atoms. The minimum atomic E-state index is 0.882. The van der Waals surface area contributed by atoms with Gasteiger partial charge >= 0.3 is 0 Å². The highest BCUT2D eigenvalue weighted by molar-refractivity contribution is 5.66. The highest BCUT2D eigenvalue weighted by Gasteiger charge is 2.22. The van der Waals surface area contributed by atoms with E-state index < -0.39 is 0 Å². The molecule has 2 rings (SSSR count). The van der Waals surface area contributed by atoms with Crippen LogP contribution in [0.4, 0.5) is 5.69 Å². The Labute approximate surface area is 84.2 Å². The molecular formula is C11H15NO2. The lowest BCUT2D eigenvalue weighted by atomic mass is 10.2. The molecule has 0 amide bonds. The first kappa shape index (κ1) is 9.19. The van der Waals surface area contributed by atoms with Gasteiger partial charge in [-0.2, -0.15) is 0 Å². The van der Waals surface area contributed by atoms with E-state index in [1.54, 1.807) is 14.2 Å². The average Bonchev–Trinajstić information content (AvgIpc) is 3.00. The summed E-state index contributed by atoms with van der Waals surface area (Å²) < 4.78 is 10.6. The molecule has 0 atom stereocenters. The Morgan fingerprint density at radius 1 is 1.07 bits per heavy atom. The van der Waals surface area contributed by atoms with E-state index in [2.05, 4.69) is 11.0 Å². The molecule has 0 N–H and O–H groups in total. The average molecular weight is 193 g/mol. The molecule has 1 aliphatic rings. The summed E-state index contributed by atoms with van der Waals surface area (Å²) >= 11 is 0. The van der Waals surface area contributed by atoms with Gasteiger partial charge in [0, 0.05) is 19.2 Å². The maximum Gasteiger partial charge on any atom is 0.145 e. The summed E-state index contributed by atoms with van der Waals surface area (Å²) in [6, 6.07) is 4.06. The summed E-state index contributed by atoms with van der Waals surface area (Å²) in [6.07, 6.45) is 0. The van der Waals surface area contributed by atoms with Gasteiger partial charge in [-0.25, -0.2) is 0 Å². The molecule has 0 saturated carbocycles. The first-order valence-corrected chi connectivity index (χ1v) is 4.74. The van der Waals surface area contributed by atoms with Crippen LogP contribution in [0.15, 0.2) is 12.1 Å². The molecule has 0 aromatic heterocycles. The Kier molecular flexibility index (Phi) is 2.23. The largest absolute Gasteiger partial charge is 0.496 e. The van der Waals surface area contributed by atoms with Crippen molar-refractivity contribution in [2.45, 2.75) is 6.92 Å². The van der Waals surface area contributed by atoms with Crippen molar-refractivity contribution in [3.8, 4) is 11.5 Å². The van der Waals surface area contributed by atoms with Crippen LogP contribution in [0.25, 0.3) is 0 Å². The second-order valence-electron chi connectivity index (χ2n) is 3.48. The molecule has 3 nitrogen and oxygen atoms in total. The summed E-state index contributed by atoms with van der Waals surface area (Å²) in [5, 5.41) is 0. The molecule has 0 spiro atoms. The van der Waals surface area contributed by atoms with E-state index in [4.69, 9.17) is 9.47 Å². The molecule has 0 aliphatic carbocycles. The molecule has 1 aromatic carbocycles. The lowest BCUT2D eigenvalue weighted by Gasteiger charge is -2.13. The molecule has 0 bridgehead atoms. The monoisotopic (exact) mass is 193 g/mol. The third-order valence-electron chi connectivity index (χ3n) is 2.48. The number of anilines is 1. The Bertz CT molecular complexity index is 345. The number of ether oxygens (including phenoxy) is 2. The van der Waals surface area contributed by atoms with Crippen LogP contribution < -0.4 is 14.4 Å². The second kappa shape index (κ2) is 3.40. The van der Waals surface area contributed by atoms with Crippen LogP contribution >= 0.6 is 0 Å². The van der Waals surface area contributed by atoms with Gasteiger partial charge in [-0.3, -0.25) is 0 Å². The molecule has 0 radical (unpaired) electrons. The van der Waals surface area contributed by atoms with Crippen molar-refractivity contribution in [1.29, 1.82) is 0 Å². The van der Waals surface area contributed by atoms with Gasteiger partial charge < -0.3 is 14.4 Å². The van der Waals surface area contributed by atoms with Gasteiger partial charge in [-0.15, -0.1) is 0 Å². The summed E-state index contributed by atoms with van der Waals surface area (Å²) in [5.41, 5.74) is 2.32. The van der Waals surface area contributed by atoms with Gasteiger partial charge in [0.2, 0.25) is 0 Å². The predicted octanol–water partition coefficient (Wildman–Crippen LogP) is 1.83. The lowest BCUT2D eigenvalue weighted by Crippen LogP contribution is -1.98. The summed E-state index contributed by atoms with van der Waals surface area (Å²) in [4.78, 5) is 2.27. The normalized spacial score (nSPS) is 14.1. The number of rotatable bonds is 3. The minimum absolute atomic E-state index is 0.882. The zero-order valence-electron chi connectivity index (χ0n) is 8.83. The quantitative estimate of drug-likeness (QED) is 0.683. The summed E-state index contributed by atoms with van der Waals surface area (Å²) in [7, 11) is 3.37. The Hall–Kier alpha value is -1.38. The molecule has 1 aromatic rings.